The summed E-state index contributed by atoms with van der Waals surface area (Å²) in [7, 11) is 1.57. The van der Waals surface area contributed by atoms with E-state index in [1.165, 1.54) is 6.20 Å². The summed E-state index contributed by atoms with van der Waals surface area (Å²) in [5.74, 6) is 0.917. The zero-order valence-corrected chi connectivity index (χ0v) is 14.8. The molecule has 1 amide bonds. The van der Waals surface area contributed by atoms with Gasteiger partial charge in [-0.15, -0.1) is 0 Å². The molecule has 2 aromatic rings. The molecule has 1 heterocycles. The van der Waals surface area contributed by atoms with Gasteiger partial charge in [-0.3, -0.25) is 15.2 Å². The Kier molecular flexibility index (Phi) is 5.55. The molecule has 0 radical (unpaired) electrons. The lowest BCUT2D eigenvalue weighted by Crippen LogP contribution is -2.47. The number of anilines is 1. The highest BCUT2D eigenvalue weighted by atomic mass is 16.5. The van der Waals surface area contributed by atoms with E-state index in [4.69, 9.17) is 10.00 Å². The predicted octanol–water partition coefficient (Wildman–Crippen LogP) is 2.55. The summed E-state index contributed by atoms with van der Waals surface area (Å²) in [6.07, 6.45) is 1.50. The summed E-state index contributed by atoms with van der Waals surface area (Å²) in [4.78, 5) is 20.6. The van der Waals surface area contributed by atoms with Crippen LogP contribution in [0.25, 0.3) is 0 Å². The smallest absolute Gasteiger partial charge is 0.269 e. The third kappa shape index (κ3) is 5.18. The third-order valence-electron chi connectivity index (χ3n) is 3.24. The number of methoxy groups -OCH3 is 1. The Morgan fingerprint density at radius 1 is 1.28 bits per heavy atom. The van der Waals surface area contributed by atoms with Gasteiger partial charge in [0.15, 0.2) is 5.82 Å². The average molecular weight is 339 g/mol. The monoisotopic (exact) mass is 339 g/mol. The van der Waals surface area contributed by atoms with Crippen LogP contribution in [0, 0.1) is 16.7 Å². The summed E-state index contributed by atoms with van der Waals surface area (Å²) in [5, 5.41) is 10.6. The first-order valence-corrected chi connectivity index (χ1v) is 7.78. The van der Waals surface area contributed by atoms with Gasteiger partial charge >= 0.3 is 0 Å². The number of rotatable bonds is 5. The van der Waals surface area contributed by atoms with E-state index in [9.17, 15) is 4.79 Å². The Bertz CT molecular complexity index is 775. The molecule has 0 atom stereocenters. The van der Waals surface area contributed by atoms with Crippen molar-refractivity contribution in [1.82, 2.24) is 15.4 Å². The number of nitrogens with zero attached hydrogens (tertiary/aromatic N) is 4. The number of amides is 1. The van der Waals surface area contributed by atoms with Crippen molar-refractivity contribution in [2.45, 2.75) is 20.8 Å². The summed E-state index contributed by atoms with van der Waals surface area (Å²) in [5.41, 5.74) is 3.24. The van der Waals surface area contributed by atoms with E-state index in [1.807, 2.05) is 26.8 Å². The maximum atomic E-state index is 12.6. The molecule has 0 spiro atoms. The fourth-order valence-electron chi connectivity index (χ4n) is 2.14. The van der Waals surface area contributed by atoms with Crippen molar-refractivity contribution in [2.24, 2.45) is 5.41 Å². The van der Waals surface area contributed by atoms with Gasteiger partial charge in [0.2, 0.25) is 5.82 Å². The lowest BCUT2D eigenvalue weighted by atomic mass is 9.97. The highest BCUT2D eigenvalue weighted by molar-refractivity contribution is 5.95. The van der Waals surface area contributed by atoms with Crippen LogP contribution in [0.1, 0.15) is 37.0 Å². The Morgan fingerprint density at radius 2 is 1.96 bits per heavy atom. The molecule has 7 heteroatoms. The SMILES string of the molecule is COc1ccc(C(=O)NN(CC(C)(C)C)c2ccnc(C#N)n2)cc1. The zero-order chi connectivity index (χ0) is 18.4. The van der Waals surface area contributed by atoms with E-state index in [0.29, 0.717) is 23.7 Å². The van der Waals surface area contributed by atoms with Crippen molar-refractivity contribution in [3.63, 3.8) is 0 Å². The molecule has 0 saturated heterocycles. The number of ether oxygens (including phenoxy) is 1. The van der Waals surface area contributed by atoms with E-state index < -0.39 is 0 Å². The van der Waals surface area contributed by atoms with Crippen molar-refractivity contribution < 1.29 is 9.53 Å². The number of hydrogen-bond donors (Lipinski definition) is 1. The van der Waals surface area contributed by atoms with Crippen LogP contribution in [-0.4, -0.2) is 29.5 Å². The molecule has 0 unspecified atom stereocenters. The second-order valence-electron chi connectivity index (χ2n) is 6.67. The predicted molar refractivity (Wildman–Crippen MR) is 94.0 cm³/mol. The normalized spacial score (nSPS) is 10.7. The minimum absolute atomic E-state index is 0.0510. The van der Waals surface area contributed by atoms with Crippen molar-refractivity contribution in [2.75, 3.05) is 18.7 Å². The highest BCUT2D eigenvalue weighted by Gasteiger charge is 2.21. The first-order chi connectivity index (χ1) is 11.8. The van der Waals surface area contributed by atoms with Gasteiger partial charge in [-0.2, -0.15) is 10.2 Å². The largest absolute Gasteiger partial charge is 0.497 e. The van der Waals surface area contributed by atoms with E-state index in [2.05, 4.69) is 15.4 Å². The van der Waals surface area contributed by atoms with Gasteiger partial charge in [0.25, 0.3) is 5.91 Å². The standard InChI is InChI=1S/C18H21N5O2/c1-18(2,3)12-23(16-9-10-20-15(11-19)21-16)22-17(24)13-5-7-14(25-4)8-6-13/h5-10H,12H2,1-4H3,(H,22,24). The first-order valence-electron chi connectivity index (χ1n) is 7.78. The first kappa shape index (κ1) is 18.2. The van der Waals surface area contributed by atoms with E-state index in [0.717, 1.165) is 0 Å². The number of nitriles is 1. The molecule has 0 aliphatic heterocycles. The molecule has 2 rings (SSSR count). The second-order valence-corrected chi connectivity index (χ2v) is 6.67. The van der Waals surface area contributed by atoms with Gasteiger partial charge in [-0.05, 0) is 29.7 Å². The molecule has 1 N–H and O–H groups in total. The molecule has 0 bridgehead atoms. The molecule has 1 aromatic carbocycles. The van der Waals surface area contributed by atoms with Crippen molar-refractivity contribution in [3.8, 4) is 11.8 Å². The van der Waals surface area contributed by atoms with Crippen molar-refractivity contribution in [1.29, 1.82) is 5.26 Å². The summed E-state index contributed by atoms with van der Waals surface area (Å²) >= 11 is 0. The van der Waals surface area contributed by atoms with Gasteiger partial charge in [0.05, 0.1) is 7.11 Å². The number of benzene rings is 1. The van der Waals surface area contributed by atoms with Crippen LogP contribution < -0.4 is 15.2 Å². The van der Waals surface area contributed by atoms with Crippen molar-refractivity contribution >= 4 is 11.7 Å². The van der Waals surface area contributed by atoms with Gasteiger partial charge in [0, 0.05) is 24.4 Å². The fraction of sp³-hybridized carbons (Fsp3) is 0.333. The lowest BCUT2D eigenvalue weighted by Gasteiger charge is -2.30. The van der Waals surface area contributed by atoms with Crippen LogP contribution >= 0.6 is 0 Å². The Morgan fingerprint density at radius 3 is 2.52 bits per heavy atom. The molecule has 0 saturated carbocycles. The Hall–Kier alpha value is -3.14. The average Bonchev–Trinajstić information content (AvgIpc) is 2.60. The zero-order valence-electron chi connectivity index (χ0n) is 14.8. The molecule has 1 aromatic heterocycles. The quantitative estimate of drug-likeness (QED) is 0.842. The van der Waals surface area contributed by atoms with Crippen LogP contribution in [-0.2, 0) is 0 Å². The van der Waals surface area contributed by atoms with Gasteiger partial charge < -0.3 is 4.74 Å². The summed E-state index contributed by atoms with van der Waals surface area (Å²) < 4.78 is 5.10. The van der Waals surface area contributed by atoms with E-state index in [-0.39, 0.29) is 17.1 Å². The molecule has 0 fully saturated rings. The summed E-state index contributed by atoms with van der Waals surface area (Å²) in [6, 6.07) is 10.4. The minimum Gasteiger partial charge on any atom is -0.497 e. The van der Waals surface area contributed by atoms with Gasteiger partial charge in [0.1, 0.15) is 11.8 Å². The topological polar surface area (TPSA) is 91.1 Å². The third-order valence-corrected chi connectivity index (χ3v) is 3.24. The van der Waals surface area contributed by atoms with Gasteiger partial charge in [-0.25, -0.2) is 4.98 Å². The molecule has 7 nitrogen and oxygen atoms in total. The summed E-state index contributed by atoms with van der Waals surface area (Å²) in [6.45, 7) is 6.65. The molecular formula is C18H21N5O2. The van der Waals surface area contributed by atoms with Crippen LogP contribution in [0.3, 0.4) is 0 Å². The van der Waals surface area contributed by atoms with Crippen LogP contribution in [0.4, 0.5) is 5.82 Å². The van der Waals surface area contributed by atoms with E-state index in [1.54, 1.807) is 42.5 Å². The number of carbonyl (C=O) groups is 1. The van der Waals surface area contributed by atoms with Crippen molar-refractivity contribution in [3.05, 3.63) is 47.9 Å². The Labute approximate surface area is 147 Å². The number of carbonyl (C=O) groups excluding carboxylic acids is 1. The van der Waals surface area contributed by atoms with E-state index >= 15 is 0 Å². The molecule has 0 aliphatic carbocycles. The van der Waals surface area contributed by atoms with Crippen LogP contribution in [0.15, 0.2) is 36.5 Å². The molecular weight excluding hydrogens is 318 g/mol. The number of hydrogen-bond acceptors (Lipinski definition) is 6. The van der Waals surface area contributed by atoms with Crippen LogP contribution in [0.2, 0.25) is 0 Å². The van der Waals surface area contributed by atoms with Crippen LogP contribution in [0.5, 0.6) is 5.75 Å². The maximum absolute atomic E-state index is 12.6. The fourth-order valence-corrected chi connectivity index (χ4v) is 2.14. The minimum atomic E-state index is -0.274. The lowest BCUT2D eigenvalue weighted by molar-refractivity contribution is 0.0945. The van der Waals surface area contributed by atoms with Gasteiger partial charge in [-0.1, -0.05) is 20.8 Å². The number of nitrogens with one attached hydrogen (secondary N) is 1. The molecule has 25 heavy (non-hydrogen) atoms. The Balaban J connectivity index is 2.25. The highest BCUT2D eigenvalue weighted by Crippen LogP contribution is 2.19. The molecule has 130 valence electrons. The molecule has 0 aliphatic rings. The maximum Gasteiger partial charge on any atom is 0.269 e. The second kappa shape index (κ2) is 7.62. The number of hydrazine groups is 1. The number of aromatic nitrogens is 2.